The van der Waals surface area contributed by atoms with Crippen LogP contribution in [0.5, 0.6) is 0 Å². The molecule has 1 aromatic rings. The molecule has 1 aromatic carbocycles. The van der Waals surface area contributed by atoms with Gasteiger partial charge in [0.15, 0.2) is 0 Å². The smallest absolute Gasteiger partial charge is 0.230 e. The second kappa shape index (κ2) is 3.12. The largest absolute Gasteiger partial charge is 0.315 e. The predicted octanol–water partition coefficient (Wildman–Crippen LogP) is 2.40. The molecule has 0 aromatic heterocycles. The molecule has 0 fully saturated rings. The van der Waals surface area contributed by atoms with Crippen LogP contribution in [0.2, 0.25) is 0 Å². The lowest BCUT2D eigenvalue weighted by Crippen LogP contribution is -2.38. The van der Waals surface area contributed by atoms with Crippen molar-refractivity contribution in [3.05, 3.63) is 29.8 Å². The molecule has 1 aliphatic rings. The van der Waals surface area contributed by atoms with E-state index in [1.165, 1.54) is 5.56 Å². The molecular weight excluding hydrogens is 174 g/mol. The Hall–Kier alpha value is -1.31. The van der Waals surface area contributed by atoms with Crippen LogP contribution in [-0.2, 0) is 4.79 Å². The van der Waals surface area contributed by atoms with Crippen LogP contribution in [-0.4, -0.2) is 13.0 Å². The number of hydrogen-bond acceptors (Lipinski definition) is 1. The molecule has 0 saturated heterocycles. The van der Waals surface area contributed by atoms with E-state index in [-0.39, 0.29) is 11.8 Å². The molecule has 2 nitrogen and oxygen atoms in total. The number of rotatable bonds is 0. The van der Waals surface area contributed by atoms with Gasteiger partial charge < -0.3 is 4.90 Å². The van der Waals surface area contributed by atoms with Crippen LogP contribution in [0.3, 0.4) is 0 Å². The third kappa shape index (κ3) is 1.14. The summed E-state index contributed by atoms with van der Waals surface area (Å²) in [6.45, 7) is 4.12. The number of carbonyl (C=O) groups excluding carboxylic acids is 1. The van der Waals surface area contributed by atoms with E-state index < -0.39 is 0 Å². The summed E-state index contributed by atoms with van der Waals surface area (Å²) in [5, 5.41) is 0. The van der Waals surface area contributed by atoms with Crippen molar-refractivity contribution >= 4 is 11.6 Å². The Kier molecular flexibility index (Phi) is 2.06. The van der Waals surface area contributed by atoms with E-state index in [9.17, 15) is 4.79 Å². The summed E-state index contributed by atoms with van der Waals surface area (Å²) in [5.74, 6) is 0.640. The van der Waals surface area contributed by atoms with Crippen LogP contribution in [0.1, 0.15) is 25.3 Å². The monoisotopic (exact) mass is 189 g/mol. The molecular formula is C12H15NO. The number of para-hydroxylation sites is 1. The van der Waals surface area contributed by atoms with E-state index in [2.05, 4.69) is 13.0 Å². The van der Waals surface area contributed by atoms with Gasteiger partial charge in [-0.2, -0.15) is 0 Å². The van der Waals surface area contributed by atoms with Crippen LogP contribution >= 0.6 is 0 Å². The molecule has 0 saturated carbocycles. The van der Waals surface area contributed by atoms with E-state index >= 15 is 0 Å². The van der Waals surface area contributed by atoms with Crippen LogP contribution in [0.25, 0.3) is 0 Å². The molecule has 0 spiro atoms. The molecule has 1 heterocycles. The summed E-state index contributed by atoms with van der Waals surface area (Å²) < 4.78 is 0. The average Bonchev–Trinajstić information content (AvgIpc) is 2.23. The van der Waals surface area contributed by atoms with Crippen LogP contribution < -0.4 is 4.90 Å². The zero-order valence-corrected chi connectivity index (χ0v) is 8.82. The zero-order chi connectivity index (χ0) is 10.3. The number of fused-ring (bicyclic) bond motifs is 1. The molecule has 0 aliphatic carbocycles. The van der Waals surface area contributed by atoms with Gasteiger partial charge in [-0.15, -0.1) is 0 Å². The molecule has 0 radical (unpaired) electrons. The Balaban J connectivity index is 2.56. The van der Waals surface area contributed by atoms with E-state index in [0.717, 1.165) is 5.69 Å². The maximum absolute atomic E-state index is 11.8. The highest BCUT2D eigenvalue weighted by molar-refractivity contribution is 5.98. The minimum absolute atomic E-state index is 0.0925. The van der Waals surface area contributed by atoms with Gasteiger partial charge in [-0.1, -0.05) is 32.0 Å². The summed E-state index contributed by atoms with van der Waals surface area (Å²) in [5.41, 5.74) is 2.34. The van der Waals surface area contributed by atoms with Crippen molar-refractivity contribution in [2.45, 2.75) is 19.8 Å². The third-order valence-corrected chi connectivity index (χ3v) is 3.26. The van der Waals surface area contributed by atoms with Gasteiger partial charge in [0.25, 0.3) is 0 Å². The van der Waals surface area contributed by atoms with E-state index in [1.54, 1.807) is 4.90 Å². The zero-order valence-electron chi connectivity index (χ0n) is 8.82. The van der Waals surface area contributed by atoms with Gasteiger partial charge in [0.05, 0.1) is 0 Å². The maximum Gasteiger partial charge on any atom is 0.230 e. The van der Waals surface area contributed by atoms with Crippen molar-refractivity contribution in [1.82, 2.24) is 0 Å². The van der Waals surface area contributed by atoms with Gasteiger partial charge in [0.2, 0.25) is 5.91 Å². The first-order valence-corrected chi connectivity index (χ1v) is 4.99. The molecule has 2 rings (SSSR count). The first-order chi connectivity index (χ1) is 6.63. The number of hydrogen-bond donors (Lipinski definition) is 0. The normalized spacial score (nSPS) is 26.2. The Morgan fingerprint density at radius 1 is 1.14 bits per heavy atom. The SMILES string of the molecule is C[C@@H]1c2ccccc2N(C)C(=O)[C@@H]1C. The Labute approximate surface area is 84.5 Å². The van der Waals surface area contributed by atoms with Crippen molar-refractivity contribution in [1.29, 1.82) is 0 Å². The second-order valence-corrected chi connectivity index (χ2v) is 4.03. The van der Waals surface area contributed by atoms with Crippen molar-refractivity contribution in [3.63, 3.8) is 0 Å². The highest BCUT2D eigenvalue weighted by atomic mass is 16.2. The Morgan fingerprint density at radius 3 is 2.50 bits per heavy atom. The minimum atomic E-state index is 0.0925. The Bertz CT molecular complexity index is 372. The number of amides is 1. The highest BCUT2D eigenvalue weighted by Crippen LogP contribution is 2.37. The number of carbonyl (C=O) groups is 1. The molecule has 0 unspecified atom stereocenters. The molecule has 0 bridgehead atoms. The molecule has 14 heavy (non-hydrogen) atoms. The summed E-state index contributed by atoms with van der Waals surface area (Å²) in [4.78, 5) is 13.6. The summed E-state index contributed by atoms with van der Waals surface area (Å²) in [6, 6.07) is 8.13. The molecule has 1 aliphatic heterocycles. The van der Waals surface area contributed by atoms with Crippen LogP contribution in [0, 0.1) is 5.92 Å². The summed E-state index contributed by atoms with van der Waals surface area (Å²) >= 11 is 0. The predicted molar refractivity (Wildman–Crippen MR) is 57.4 cm³/mol. The third-order valence-electron chi connectivity index (χ3n) is 3.26. The molecule has 1 amide bonds. The Morgan fingerprint density at radius 2 is 1.79 bits per heavy atom. The summed E-state index contributed by atoms with van der Waals surface area (Å²) in [7, 11) is 1.85. The first-order valence-electron chi connectivity index (χ1n) is 4.99. The summed E-state index contributed by atoms with van der Waals surface area (Å²) in [6.07, 6.45) is 0. The number of benzene rings is 1. The number of anilines is 1. The standard InChI is InChI=1S/C12H15NO/c1-8-9(2)12(14)13(3)11-7-5-4-6-10(8)11/h4-9H,1-3H3/t8-,9+/m0/s1. The fraction of sp³-hybridized carbons (Fsp3) is 0.417. The quantitative estimate of drug-likeness (QED) is 0.613. The van der Waals surface area contributed by atoms with Crippen LogP contribution in [0.15, 0.2) is 24.3 Å². The highest BCUT2D eigenvalue weighted by Gasteiger charge is 2.32. The van der Waals surface area contributed by atoms with Crippen molar-refractivity contribution in [2.24, 2.45) is 5.92 Å². The maximum atomic E-state index is 11.8. The lowest BCUT2D eigenvalue weighted by Gasteiger charge is -2.34. The van der Waals surface area contributed by atoms with Gasteiger partial charge >= 0.3 is 0 Å². The van der Waals surface area contributed by atoms with Crippen molar-refractivity contribution in [3.8, 4) is 0 Å². The van der Waals surface area contributed by atoms with Gasteiger partial charge in [-0.3, -0.25) is 4.79 Å². The molecule has 2 heteroatoms. The number of nitrogens with zero attached hydrogens (tertiary/aromatic N) is 1. The molecule has 74 valence electrons. The second-order valence-electron chi connectivity index (χ2n) is 4.03. The minimum Gasteiger partial charge on any atom is -0.315 e. The van der Waals surface area contributed by atoms with Crippen molar-refractivity contribution < 1.29 is 4.79 Å². The molecule has 0 N–H and O–H groups in total. The first kappa shape index (κ1) is 9.25. The van der Waals surface area contributed by atoms with E-state index in [0.29, 0.717) is 5.92 Å². The fourth-order valence-electron chi connectivity index (χ4n) is 2.09. The lowest BCUT2D eigenvalue weighted by atomic mass is 9.83. The topological polar surface area (TPSA) is 20.3 Å². The lowest BCUT2D eigenvalue weighted by molar-refractivity contribution is -0.122. The van der Waals surface area contributed by atoms with Gasteiger partial charge in [-0.05, 0) is 17.5 Å². The fourth-order valence-corrected chi connectivity index (χ4v) is 2.09. The van der Waals surface area contributed by atoms with Crippen molar-refractivity contribution in [2.75, 3.05) is 11.9 Å². The van der Waals surface area contributed by atoms with Gasteiger partial charge in [0.1, 0.15) is 0 Å². The van der Waals surface area contributed by atoms with Gasteiger partial charge in [-0.25, -0.2) is 0 Å². The van der Waals surface area contributed by atoms with E-state index in [1.807, 2.05) is 32.2 Å². The van der Waals surface area contributed by atoms with Crippen LogP contribution in [0.4, 0.5) is 5.69 Å². The van der Waals surface area contributed by atoms with E-state index in [4.69, 9.17) is 0 Å². The average molecular weight is 189 g/mol. The van der Waals surface area contributed by atoms with Gasteiger partial charge in [0, 0.05) is 18.7 Å². The molecule has 2 atom stereocenters.